The van der Waals surface area contributed by atoms with E-state index in [0.29, 0.717) is 5.15 Å². The van der Waals surface area contributed by atoms with E-state index in [1.807, 2.05) is 24.3 Å². The molecular formula is C13H15ClN2S. The highest BCUT2D eigenvalue weighted by Crippen LogP contribution is 2.24. The monoisotopic (exact) mass is 266 g/mol. The third kappa shape index (κ3) is 3.33. The maximum Gasteiger partial charge on any atom is 0.189 e. The summed E-state index contributed by atoms with van der Waals surface area (Å²) < 4.78 is 0. The van der Waals surface area contributed by atoms with Gasteiger partial charge in [0.05, 0.1) is 5.52 Å². The van der Waals surface area contributed by atoms with Gasteiger partial charge in [-0.15, -0.1) is 0 Å². The average Bonchev–Trinajstić information content (AvgIpc) is 2.35. The molecule has 0 saturated heterocycles. The van der Waals surface area contributed by atoms with Crippen LogP contribution in [0.25, 0.3) is 10.9 Å². The number of thioether (sulfide) groups is 1. The highest BCUT2D eigenvalue weighted by Gasteiger charge is 2.05. The summed E-state index contributed by atoms with van der Waals surface area (Å²) in [6.45, 7) is 2.20. The second kappa shape index (κ2) is 6.22. The van der Waals surface area contributed by atoms with Crippen LogP contribution in [0.4, 0.5) is 0 Å². The smallest absolute Gasteiger partial charge is 0.189 e. The largest absolute Gasteiger partial charge is 0.222 e. The number of fused-ring (bicyclic) bond motifs is 1. The van der Waals surface area contributed by atoms with Gasteiger partial charge in [-0.3, -0.25) is 0 Å². The fourth-order valence-electron chi connectivity index (χ4n) is 1.60. The van der Waals surface area contributed by atoms with Gasteiger partial charge < -0.3 is 0 Å². The molecule has 2 rings (SSSR count). The Morgan fingerprint density at radius 3 is 2.82 bits per heavy atom. The van der Waals surface area contributed by atoms with Gasteiger partial charge in [-0.25, -0.2) is 9.97 Å². The minimum Gasteiger partial charge on any atom is -0.222 e. The number of unbranched alkanes of at least 4 members (excludes halogenated alkanes) is 2. The molecule has 0 aliphatic heterocycles. The third-order valence-corrected chi connectivity index (χ3v) is 3.74. The number of aromatic nitrogens is 2. The van der Waals surface area contributed by atoms with Crippen LogP contribution in [0.3, 0.4) is 0 Å². The van der Waals surface area contributed by atoms with Gasteiger partial charge in [0.15, 0.2) is 5.16 Å². The highest BCUT2D eigenvalue weighted by molar-refractivity contribution is 7.99. The molecule has 0 aliphatic carbocycles. The number of halogens is 1. The van der Waals surface area contributed by atoms with Crippen LogP contribution in [0.15, 0.2) is 29.4 Å². The van der Waals surface area contributed by atoms with Gasteiger partial charge in [-0.2, -0.15) is 0 Å². The van der Waals surface area contributed by atoms with E-state index in [-0.39, 0.29) is 0 Å². The van der Waals surface area contributed by atoms with Gasteiger partial charge in [0.25, 0.3) is 0 Å². The molecule has 2 aromatic rings. The van der Waals surface area contributed by atoms with Gasteiger partial charge in [0, 0.05) is 11.1 Å². The van der Waals surface area contributed by atoms with Crippen molar-refractivity contribution in [3.63, 3.8) is 0 Å². The molecule has 0 fully saturated rings. The number of hydrogen-bond acceptors (Lipinski definition) is 3. The van der Waals surface area contributed by atoms with E-state index in [0.717, 1.165) is 21.8 Å². The van der Waals surface area contributed by atoms with Crippen LogP contribution in [0, 0.1) is 0 Å². The number of para-hydroxylation sites is 1. The lowest BCUT2D eigenvalue weighted by molar-refractivity contribution is 0.777. The fourth-order valence-corrected chi connectivity index (χ4v) is 2.74. The van der Waals surface area contributed by atoms with Crippen LogP contribution in [-0.2, 0) is 0 Å². The molecule has 1 aromatic heterocycles. The Morgan fingerprint density at radius 1 is 1.18 bits per heavy atom. The molecule has 1 aromatic carbocycles. The van der Waals surface area contributed by atoms with Crippen LogP contribution in [0.1, 0.15) is 26.2 Å². The van der Waals surface area contributed by atoms with Crippen molar-refractivity contribution in [2.45, 2.75) is 31.3 Å². The zero-order valence-electron chi connectivity index (χ0n) is 9.82. The minimum absolute atomic E-state index is 0.550. The van der Waals surface area contributed by atoms with Crippen LogP contribution in [0.2, 0.25) is 5.15 Å². The molecule has 0 amide bonds. The number of hydrogen-bond donors (Lipinski definition) is 0. The first kappa shape index (κ1) is 12.7. The number of benzene rings is 1. The highest BCUT2D eigenvalue weighted by atomic mass is 35.5. The summed E-state index contributed by atoms with van der Waals surface area (Å²) in [4.78, 5) is 8.82. The first-order valence-electron chi connectivity index (χ1n) is 5.86. The topological polar surface area (TPSA) is 25.8 Å². The molecule has 0 aliphatic rings. The quantitative estimate of drug-likeness (QED) is 0.343. The van der Waals surface area contributed by atoms with E-state index < -0.39 is 0 Å². The van der Waals surface area contributed by atoms with E-state index in [4.69, 9.17) is 11.6 Å². The van der Waals surface area contributed by atoms with Crippen molar-refractivity contribution in [1.29, 1.82) is 0 Å². The second-order valence-electron chi connectivity index (χ2n) is 3.87. The molecule has 1 heterocycles. The maximum absolute atomic E-state index is 6.14. The van der Waals surface area contributed by atoms with Gasteiger partial charge >= 0.3 is 0 Å². The molecule has 0 atom stereocenters. The minimum atomic E-state index is 0.550. The molecule has 90 valence electrons. The SMILES string of the molecule is CCCCCSc1nc(Cl)c2ccccc2n1. The molecule has 2 nitrogen and oxygen atoms in total. The lowest BCUT2D eigenvalue weighted by atomic mass is 10.2. The Morgan fingerprint density at radius 2 is 2.00 bits per heavy atom. The molecule has 0 radical (unpaired) electrons. The fraction of sp³-hybridized carbons (Fsp3) is 0.385. The first-order chi connectivity index (χ1) is 8.31. The van der Waals surface area contributed by atoms with Gasteiger partial charge in [-0.05, 0) is 18.6 Å². The lowest BCUT2D eigenvalue weighted by Crippen LogP contribution is -1.91. The van der Waals surface area contributed by atoms with Crippen molar-refractivity contribution in [2.24, 2.45) is 0 Å². The van der Waals surface area contributed by atoms with Crippen LogP contribution < -0.4 is 0 Å². The zero-order chi connectivity index (χ0) is 12.1. The lowest BCUT2D eigenvalue weighted by Gasteiger charge is -2.03. The van der Waals surface area contributed by atoms with E-state index in [1.54, 1.807) is 11.8 Å². The Balaban J connectivity index is 2.13. The predicted molar refractivity (Wildman–Crippen MR) is 74.8 cm³/mol. The molecule has 0 spiro atoms. The molecule has 0 saturated carbocycles. The van der Waals surface area contributed by atoms with Crippen LogP contribution in [-0.4, -0.2) is 15.7 Å². The summed E-state index contributed by atoms with van der Waals surface area (Å²) in [5.41, 5.74) is 0.922. The van der Waals surface area contributed by atoms with Crippen molar-refractivity contribution < 1.29 is 0 Å². The Labute approximate surface area is 111 Å². The molecule has 17 heavy (non-hydrogen) atoms. The molecule has 4 heteroatoms. The standard InChI is InChI=1S/C13H15ClN2S/c1-2-3-6-9-17-13-15-11-8-5-4-7-10(11)12(14)16-13/h4-5,7-8H,2-3,6,9H2,1H3. The van der Waals surface area contributed by atoms with E-state index in [1.165, 1.54) is 19.3 Å². The maximum atomic E-state index is 6.14. The van der Waals surface area contributed by atoms with Crippen LogP contribution in [0.5, 0.6) is 0 Å². The van der Waals surface area contributed by atoms with Gasteiger partial charge in [0.2, 0.25) is 0 Å². The molecule has 0 N–H and O–H groups in total. The Hall–Kier alpha value is -0.800. The van der Waals surface area contributed by atoms with Crippen molar-refractivity contribution in [3.8, 4) is 0 Å². The second-order valence-corrected chi connectivity index (χ2v) is 5.29. The summed E-state index contributed by atoms with van der Waals surface area (Å²) >= 11 is 7.82. The summed E-state index contributed by atoms with van der Waals surface area (Å²) in [6, 6.07) is 7.84. The van der Waals surface area contributed by atoms with E-state index in [2.05, 4.69) is 16.9 Å². The Bertz CT molecular complexity index is 502. The van der Waals surface area contributed by atoms with E-state index in [9.17, 15) is 0 Å². The zero-order valence-corrected chi connectivity index (χ0v) is 11.4. The Kier molecular flexibility index (Phi) is 4.63. The molecule has 0 bridgehead atoms. The molecule has 0 unspecified atom stereocenters. The van der Waals surface area contributed by atoms with Gasteiger partial charge in [0.1, 0.15) is 5.15 Å². The third-order valence-electron chi connectivity index (χ3n) is 2.52. The number of nitrogens with zero attached hydrogens (tertiary/aromatic N) is 2. The summed E-state index contributed by atoms with van der Waals surface area (Å²) in [7, 11) is 0. The summed E-state index contributed by atoms with van der Waals surface area (Å²) in [6.07, 6.45) is 3.70. The van der Waals surface area contributed by atoms with Crippen LogP contribution >= 0.6 is 23.4 Å². The first-order valence-corrected chi connectivity index (χ1v) is 7.22. The predicted octanol–water partition coefficient (Wildman–Crippen LogP) is 4.57. The van der Waals surface area contributed by atoms with Crippen molar-refractivity contribution >= 4 is 34.3 Å². The average molecular weight is 267 g/mol. The summed E-state index contributed by atoms with van der Waals surface area (Å²) in [5.74, 6) is 1.06. The van der Waals surface area contributed by atoms with Crippen molar-refractivity contribution in [1.82, 2.24) is 9.97 Å². The van der Waals surface area contributed by atoms with Gasteiger partial charge in [-0.1, -0.05) is 55.3 Å². The number of rotatable bonds is 5. The normalized spacial score (nSPS) is 10.9. The van der Waals surface area contributed by atoms with Crippen molar-refractivity contribution in [3.05, 3.63) is 29.4 Å². The van der Waals surface area contributed by atoms with Crippen molar-refractivity contribution in [2.75, 3.05) is 5.75 Å². The summed E-state index contributed by atoms with van der Waals surface area (Å²) in [5, 5.41) is 2.26. The van der Waals surface area contributed by atoms with E-state index >= 15 is 0 Å². The molecular weight excluding hydrogens is 252 g/mol.